The molecule has 274 valence electrons. The molecule has 1 aliphatic carbocycles. The molecule has 13 heteroatoms. The number of anilines is 1. The van der Waals surface area contributed by atoms with Gasteiger partial charge in [0.25, 0.3) is 11.8 Å². The molecule has 0 bridgehead atoms. The second-order valence-corrected chi connectivity index (χ2v) is 15.3. The number of imide groups is 2. The van der Waals surface area contributed by atoms with Crippen molar-refractivity contribution >= 4 is 46.6 Å². The molecule has 5 heterocycles. The zero-order valence-electron chi connectivity index (χ0n) is 29.5. The zero-order chi connectivity index (χ0) is 37.1. The number of aromatic nitrogens is 1. The Morgan fingerprint density at radius 2 is 1.63 bits per heavy atom. The summed E-state index contributed by atoms with van der Waals surface area (Å²) >= 11 is 6.20. The summed E-state index contributed by atoms with van der Waals surface area (Å²) in [6.45, 7) is 11.5. The Morgan fingerprint density at radius 3 is 2.30 bits per heavy atom. The van der Waals surface area contributed by atoms with Crippen LogP contribution in [0.3, 0.4) is 0 Å². The van der Waals surface area contributed by atoms with Crippen molar-refractivity contribution in [1.29, 1.82) is 0 Å². The first-order valence-electron chi connectivity index (χ1n) is 18.5. The topological polar surface area (TPSA) is 130 Å². The molecule has 12 nitrogen and oxygen atoms in total. The van der Waals surface area contributed by atoms with E-state index in [1.807, 2.05) is 12.1 Å². The molecule has 4 aliphatic heterocycles. The fourth-order valence-electron chi connectivity index (χ4n) is 8.54. The van der Waals surface area contributed by atoms with Gasteiger partial charge in [-0.2, -0.15) is 0 Å². The average Bonchev–Trinajstić information content (AvgIpc) is 3.84. The molecule has 2 fully saturated rings. The molecule has 54 heavy (non-hydrogen) atoms. The van der Waals surface area contributed by atoms with Crippen molar-refractivity contribution in [2.24, 2.45) is 5.92 Å². The average molecular weight is 745 g/mol. The zero-order valence-corrected chi connectivity index (χ0v) is 30.2. The van der Waals surface area contributed by atoms with E-state index in [2.05, 4.69) is 44.2 Å². The molecule has 0 spiro atoms. The van der Waals surface area contributed by atoms with Crippen LogP contribution in [0.5, 0.6) is 5.75 Å². The summed E-state index contributed by atoms with van der Waals surface area (Å²) in [5.41, 5.74) is 6.23. The third kappa shape index (κ3) is 6.31. The smallest absolute Gasteiger partial charge is 0.262 e. The van der Waals surface area contributed by atoms with Crippen LogP contribution in [0.4, 0.5) is 11.4 Å². The minimum atomic E-state index is -0.955. The fourth-order valence-corrected chi connectivity index (χ4v) is 8.75. The lowest BCUT2D eigenvalue weighted by Crippen LogP contribution is -2.54. The Kier molecular flexibility index (Phi) is 8.71. The minimum absolute atomic E-state index is 0.0477. The van der Waals surface area contributed by atoms with Crippen LogP contribution in [0.2, 0.25) is 5.02 Å². The molecule has 1 aromatic heterocycles. The molecular formula is C41H37ClN6O6. The van der Waals surface area contributed by atoms with Crippen molar-refractivity contribution in [3.05, 3.63) is 105 Å². The second-order valence-electron chi connectivity index (χ2n) is 14.9. The molecule has 2 atom stereocenters. The van der Waals surface area contributed by atoms with Crippen molar-refractivity contribution < 1.29 is 28.3 Å². The standard InChI is InChI=1S/C41H37ClN6O6/c1-43-33-8-6-28(18-32(33)42)53-29-7-10-36-34(19-29)44-39(54-36)24-2-4-27(5-3-24)47-14-12-23(13-15-47)20-46-21-25-16-30-31(17-26(25)22-46)41(52)48(40(30)51)35-9-11-37(49)45-38(35)50/h2-6,8,16-18,23,29,35H,7,9-15,19-22H2,(H,45,49,50)/t29-,35?/m1/s1. The predicted molar refractivity (Wildman–Crippen MR) is 198 cm³/mol. The lowest BCUT2D eigenvalue weighted by atomic mass is 9.95. The van der Waals surface area contributed by atoms with Crippen LogP contribution in [0.1, 0.15) is 75.4 Å². The fraction of sp³-hybridized carbons (Fsp3) is 0.366. The van der Waals surface area contributed by atoms with Crippen molar-refractivity contribution in [2.75, 3.05) is 24.5 Å². The number of hydrogen-bond donors (Lipinski definition) is 1. The highest BCUT2D eigenvalue weighted by Crippen LogP contribution is 2.36. The number of amides is 4. The van der Waals surface area contributed by atoms with Crippen LogP contribution < -0.4 is 15.0 Å². The summed E-state index contributed by atoms with van der Waals surface area (Å²) in [6.07, 6.45) is 4.52. The van der Waals surface area contributed by atoms with E-state index >= 15 is 0 Å². The van der Waals surface area contributed by atoms with Gasteiger partial charge in [-0.1, -0.05) is 17.7 Å². The van der Waals surface area contributed by atoms with Crippen LogP contribution in [0.25, 0.3) is 16.3 Å². The van der Waals surface area contributed by atoms with E-state index in [0.717, 1.165) is 91.5 Å². The molecular weight excluding hydrogens is 708 g/mol. The largest absolute Gasteiger partial charge is 0.490 e. The van der Waals surface area contributed by atoms with Gasteiger partial charge in [0.05, 0.1) is 28.4 Å². The van der Waals surface area contributed by atoms with E-state index in [9.17, 15) is 19.2 Å². The van der Waals surface area contributed by atoms with Crippen LogP contribution in [-0.4, -0.2) is 70.2 Å². The maximum atomic E-state index is 13.3. The Labute approximate surface area is 316 Å². The Morgan fingerprint density at radius 1 is 0.907 bits per heavy atom. The Balaban J connectivity index is 0.771. The molecule has 5 aliphatic rings. The highest BCUT2D eigenvalue weighted by molar-refractivity contribution is 6.33. The number of aryl methyl sites for hydroxylation is 1. The van der Waals surface area contributed by atoms with Gasteiger partial charge in [0.2, 0.25) is 23.4 Å². The lowest BCUT2D eigenvalue weighted by molar-refractivity contribution is -0.136. The van der Waals surface area contributed by atoms with Crippen molar-refractivity contribution in [3.8, 4) is 17.2 Å². The van der Waals surface area contributed by atoms with Crippen LogP contribution >= 0.6 is 11.6 Å². The van der Waals surface area contributed by atoms with Crippen molar-refractivity contribution in [2.45, 2.75) is 70.2 Å². The maximum absolute atomic E-state index is 13.3. The van der Waals surface area contributed by atoms with Gasteiger partial charge in [0.15, 0.2) is 0 Å². The molecule has 4 amide bonds. The van der Waals surface area contributed by atoms with E-state index in [1.54, 1.807) is 18.2 Å². The number of piperidine rings is 2. The number of carbonyl (C=O) groups excluding carboxylic acids is 4. The normalized spacial score (nSPS) is 21.5. The van der Waals surface area contributed by atoms with E-state index in [1.165, 1.54) is 5.69 Å². The van der Waals surface area contributed by atoms with Crippen molar-refractivity contribution in [3.63, 3.8) is 0 Å². The number of ether oxygens (including phenoxy) is 1. The highest BCUT2D eigenvalue weighted by Gasteiger charge is 2.45. The van der Waals surface area contributed by atoms with Gasteiger partial charge in [-0.25, -0.2) is 9.83 Å². The number of nitrogens with zero attached hydrogens (tertiary/aromatic N) is 5. The maximum Gasteiger partial charge on any atom is 0.262 e. The molecule has 3 aromatic carbocycles. The summed E-state index contributed by atoms with van der Waals surface area (Å²) in [5, 5.41) is 2.64. The van der Waals surface area contributed by atoms with E-state index in [-0.39, 0.29) is 24.9 Å². The van der Waals surface area contributed by atoms with Crippen LogP contribution in [0.15, 0.2) is 59.0 Å². The summed E-state index contributed by atoms with van der Waals surface area (Å²) < 4.78 is 12.4. The number of hydrogen-bond acceptors (Lipinski definition) is 9. The summed E-state index contributed by atoms with van der Waals surface area (Å²) in [7, 11) is 0. The van der Waals surface area contributed by atoms with Gasteiger partial charge in [-0.3, -0.25) is 34.3 Å². The Bertz CT molecular complexity index is 2210. The molecule has 1 unspecified atom stereocenters. The number of benzene rings is 3. The number of halogens is 1. The number of nitrogens with one attached hydrogen (secondary N) is 1. The molecule has 0 saturated carbocycles. The van der Waals surface area contributed by atoms with Gasteiger partial charge in [-0.05, 0) is 91.3 Å². The molecule has 1 N–H and O–H groups in total. The number of rotatable bonds is 7. The molecule has 2 saturated heterocycles. The van der Waals surface area contributed by atoms with Gasteiger partial charge in [0.1, 0.15) is 23.7 Å². The van der Waals surface area contributed by atoms with Crippen molar-refractivity contribution in [1.82, 2.24) is 20.1 Å². The first-order chi connectivity index (χ1) is 26.2. The molecule has 4 aromatic rings. The monoisotopic (exact) mass is 744 g/mol. The van der Waals surface area contributed by atoms with Gasteiger partial charge >= 0.3 is 0 Å². The first-order valence-corrected chi connectivity index (χ1v) is 18.9. The number of oxazole rings is 1. The van der Waals surface area contributed by atoms with Crippen LogP contribution in [-0.2, 0) is 35.5 Å². The van der Waals surface area contributed by atoms with E-state index in [4.69, 9.17) is 32.3 Å². The predicted octanol–water partition coefficient (Wildman–Crippen LogP) is 6.12. The van der Waals surface area contributed by atoms with Gasteiger partial charge < -0.3 is 14.1 Å². The number of carbonyl (C=O) groups is 4. The summed E-state index contributed by atoms with van der Waals surface area (Å²) in [6, 6.07) is 16.3. The van der Waals surface area contributed by atoms with Gasteiger partial charge in [0, 0.05) is 63.2 Å². The molecule has 0 radical (unpaired) electrons. The Hall–Kier alpha value is -5.51. The quantitative estimate of drug-likeness (QED) is 0.176. The first kappa shape index (κ1) is 34.3. The second kappa shape index (κ2) is 13.7. The van der Waals surface area contributed by atoms with Crippen LogP contribution in [0, 0.1) is 12.5 Å². The van der Waals surface area contributed by atoms with E-state index in [0.29, 0.717) is 45.8 Å². The molecule has 9 rings (SSSR count). The number of fused-ring (bicyclic) bond motifs is 3. The summed E-state index contributed by atoms with van der Waals surface area (Å²) in [5.74, 6) is 0.808. The third-order valence-electron chi connectivity index (χ3n) is 11.4. The SMILES string of the molecule is [C-]#[N+]c1ccc(O[C@@H]2CCc3oc(-c4ccc(N5CCC(CN6Cc7cc8c(cc7C6)C(=O)N(C6CCC(=O)NC6=O)C8=O)CC5)cc4)nc3C2)cc1Cl. The highest BCUT2D eigenvalue weighted by atomic mass is 35.5. The third-order valence-corrected chi connectivity index (χ3v) is 11.7. The lowest BCUT2D eigenvalue weighted by Gasteiger charge is -2.35. The summed E-state index contributed by atoms with van der Waals surface area (Å²) in [4.78, 5) is 64.7. The minimum Gasteiger partial charge on any atom is -0.490 e. The van der Waals surface area contributed by atoms with Gasteiger partial charge in [-0.15, -0.1) is 0 Å². The van der Waals surface area contributed by atoms with E-state index < -0.39 is 23.8 Å².